The topological polar surface area (TPSA) is 157 Å². The quantitative estimate of drug-likeness (QED) is 0.258. The predicted octanol–water partition coefficient (Wildman–Crippen LogP) is 1.90. The van der Waals surface area contributed by atoms with Crippen LogP contribution in [0.1, 0.15) is 27.7 Å². The molecule has 0 fully saturated rings. The smallest absolute Gasteiger partial charge is 0.272 e. The fourth-order valence-electron chi connectivity index (χ4n) is 3.24. The number of hydrogen-bond acceptors (Lipinski definition) is 9. The lowest BCUT2D eigenvalue weighted by molar-refractivity contribution is 0.0907. The number of nitrogens with zero attached hydrogens (tertiary/aromatic N) is 3. The van der Waals surface area contributed by atoms with Gasteiger partial charge in [-0.3, -0.25) is 23.9 Å². The average molecular weight is 495 g/mol. The van der Waals surface area contributed by atoms with Crippen molar-refractivity contribution >= 4 is 62.0 Å². The van der Waals surface area contributed by atoms with E-state index in [1.165, 1.54) is 11.1 Å². The number of carbonyl (C=O) groups excluding carboxylic acids is 1. The molecule has 4 rings (SSSR count). The number of aromatic nitrogens is 2. The minimum Gasteiger partial charge on any atom is -0.394 e. The van der Waals surface area contributed by atoms with E-state index in [9.17, 15) is 14.7 Å². The van der Waals surface area contributed by atoms with Crippen LogP contribution >= 0.6 is 34.5 Å². The van der Waals surface area contributed by atoms with Crippen LogP contribution in [0.4, 0.5) is 15.8 Å². The summed E-state index contributed by atoms with van der Waals surface area (Å²) in [6, 6.07) is 4.68. The highest BCUT2D eigenvalue weighted by Crippen LogP contribution is 2.36. The number of amides is 1. The Bertz CT molecular complexity index is 1250. The van der Waals surface area contributed by atoms with Gasteiger partial charge in [0.25, 0.3) is 11.5 Å². The summed E-state index contributed by atoms with van der Waals surface area (Å²) >= 11 is 8.14. The van der Waals surface area contributed by atoms with Crippen molar-refractivity contribution in [2.75, 3.05) is 16.8 Å². The van der Waals surface area contributed by atoms with Gasteiger partial charge in [-0.2, -0.15) is 0 Å². The largest absolute Gasteiger partial charge is 0.394 e. The Morgan fingerprint density at radius 3 is 3.06 bits per heavy atom. The summed E-state index contributed by atoms with van der Waals surface area (Å²) in [6.07, 6.45) is 0.707. The number of nitrogens with one attached hydrogen (secondary N) is 2. The Labute approximate surface area is 195 Å². The number of nitrogens with two attached hydrogens (primary N) is 1. The van der Waals surface area contributed by atoms with Gasteiger partial charge >= 0.3 is 0 Å². The van der Waals surface area contributed by atoms with Crippen molar-refractivity contribution in [3.05, 3.63) is 55.8 Å². The molecular weight excluding hydrogens is 476 g/mol. The van der Waals surface area contributed by atoms with Crippen LogP contribution in [0.3, 0.4) is 0 Å². The van der Waals surface area contributed by atoms with E-state index in [0.717, 1.165) is 28.4 Å². The molecule has 2 atom stereocenters. The van der Waals surface area contributed by atoms with Crippen LogP contribution in [0.25, 0.3) is 0 Å². The predicted molar refractivity (Wildman–Crippen MR) is 126 cm³/mol. The Balaban J connectivity index is 1.58. The molecule has 13 heteroatoms. The molecule has 1 aromatic carbocycles. The van der Waals surface area contributed by atoms with Gasteiger partial charge in [-0.05, 0) is 36.2 Å². The molecule has 0 saturated heterocycles. The Hall–Kier alpha value is -2.77. The first-order valence-corrected chi connectivity index (χ1v) is 11.5. The van der Waals surface area contributed by atoms with Gasteiger partial charge in [0.15, 0.2) is 5.13 Å². The molecule has 0 saturated carbocycles. The van der Waals surface area contributed by atoms with E-state index >= 15 is 0 Å². The molecule has 32 heavy (non-hydrogen) atoms. The highest BCUT2D eigenvalue weighted by molar-refractivity contribution is 7.18. The van der Waals surface area contributed by atoms with Crippen molar-refractivity contribution in [3.63, 3.8) is 0 Å². The van der Waals surface area contributed by atoms with Crippen molar-refractivity contribution in [2.45, 2.75) is 25.6 Å². The number of anilines is 3. The number of fused-ring (bicyclic) bond motifs is 1. The van der Waals surface area contributed by atoms with E-state index in [1.807, 2.05) is 0 Å². The maximum Gasteiger partial charge on any atom is 0.272 e. The zero-order valence-electron chi connectivity index (χ0n) is 16.7. The lowest BCUT2D eigenvalue weighted by Crippen LogP contribution is -2.37. The monoisotopic (exact) mass is 494 g/mol. The van der Waals surface area contributed by atoms with E-state index in [0.29, 0.717) is 32.1 Å². The number of hydrogen-bond donors (Lipinski definition) is 5. The summed E-state index contributed by atoms with van der Waals surface area (Å²) in [7, 11) is 0. The standard InChI is InChI=1S/C19H19ClN6O4S2/c1-8(7-27)23-15(21)14-16(29)25-32-17(14)24-19-22-6-12(31-19)18(30)26-11-5-10(20)3-2-9(11)4-13(26)28/h2-3,5-6,8,13,27-28H,4,7H2,1H3,(H2,21,23)(H,22,24)(H,25,29). The molecule has 2 unspecified atom stereocenters. The van der Waals surface area contributed by atoms with Gasteiger partial charge in [0.1, 0.15) is 27.5 Å². The summed E-state index contributed by atoms with van der Waals surface area (Å²) in [5, 5.41) is 23.8. The molecule has 168 valence electrons. The van der Waals surface area contributed by atoms with Gasteiger partial charge in [0.2, 0.25) is 0 Å². The second-order valence-corrected chi connectivity index (χ2v) is 9.35. The number of H-pyrrole nitrogens is 1. The van der Waals surface area contributed by atoms with Crippen LogP contribution in [-0.2, 0) is 6.42 Å². The molecule has 1 aliphatic heterocycles. The van der Waals surface area contributed by atoms with Crippen LogP contribution in [0, 0.1) is 0 Å². The maximum absolute atomic E-state index is 13.1. The third-order valence-corrected chi connectivity index (χ3v) is 6.68. The van der Waals surface area contributed by atoms with Crippen LogP contribution in [-0.4, -0.2) is 50.2 Å². The van der Waals surface area contributed by atoms with Crippen LogP contribution in [0.2, 0.25) is 5.02 Å². The first-order valence-electron chi connectivity index (χ1n) is 9.47. The first kappa shape index (κ1) is 22.4. The molecule has 10 nitrogen and oxygen atoms in total. The second kappa shape index (κ2) is 9.00. The zero-order chi connectivity index (χ0) is 23.0. The number of aromatic amines is 1. The van der Waals surface area contributed by atoms with E-state index in [4.69, 9.17) is 22.4 Å². The molecule has 0 bridgehead atoms. The lowest BCUT2D eigenvalue weighted by Gasteiger charge is -2.20. The molecule has 0 aliphatic carbocycles. The van der Waals surface area contributed by atoms with Crippen LogP contribution in [0.15, 0.2) is 34.2 Å². The second-order valence-electron chi connectivity index (χ2n) is 7.07. The number of aliphatic hydroxyl groups is 2. The molecule has 1 amide bonds. The minimum absolute atomic E-state index is 0.0157. The number of amidine groups is 1. The number of aliphatic imine (C=N–C) groups is 1. The summed E-state index contributed by atoms with van der Waals surface area (Å²) in [6.45, 7) is 1.46. The molecular formula is C19H19ClN6O4S2. The van der Waals surface area contributed by atoms with E-state index in [2.05, 4.69) is 19.7 Å². The van der Waals surface area contributed by atoms with Gasteiger partial charge in [-0.1, -0.05) is 29.0 Å². The molecule has 2 aromatic heterocycles. The van der Waals surface area contributed by atoms with E-state index in [-0.39, 0.29) is 18.0 Å². The highest BCUT2D eigenvalue weighted by atomic mass is 35.5. The number of carbonyl (C=O) groups is 1. The fourth-order valence-corrected chi connectivity index (χ4v) is 4.97. The number of benzene rings is 1. The molecule has 3 aromatic rings. The highest BCUT2D eigenvalue weighted by Gasteiger charge is 2.34. The zero-order valence-corrected chi connectivity index (χ0v) is 19.1. The maximum atomic E-state index is 13.1. The van der Waals surface area contributed by atoms with Crippen molar-refractivity contribution in [2.24, 2.45) is 10.7 Å². The Kier molecular flexibility index (Phi) is 6.31. The molecule has 0 spiro atoms. The van der Waals surface area contributed by atoms with Crippen LogP contribution in [0.5, 0.6) is 0 Å². The Morgan fingerprint density at radius 2 is 2.31 bits per heavy atom. The van der Waals surface area contributed by atoms with Crippen molar-refractivity contribution in [1.82, 2.24) is 9.36 Å². The summed E-state index contributed by atoms with van der Waals surface area (Å²) in [5.41, 5.74) is 7.05. The van der Waals surface area contributed by atoms with Crippen molar-refractivity contribution < 1.29 is 15.0 Å². The average Bonchev–Trinajstić information content (AvgIpc) is 3.44. The number of rotatable bonds is 6. The van der Waals surface area contributed by atoms with Gasteiger partial charge in [-0.25, -0.2) is 4.98 Å². The van der Waals surface area contributed by atoms with Crippen LogP contribution < -0.4 is 21.5 Å². The van der Waals surface area contributed by atoms with Crippen molar-refractivity contribution in [1.29, 1.82) is 0 Å². The molecule has 1 aliphatic rings. The summed E-state index contributed by atoms with van der Waals surface area (Å²) < 4.78 is 2.58. The van der Waals surface area contributed by atoms with E-state index in [1.54, 1.807) is 25.1 Å². The van der Waals surface area contributed by atoms with E-state index < -0.39 is 23.7 Å². The third-order valence-electron chi connectivity index (χ3n) is 4.74. The molecule has 3 heterocycles. The van der Waals surface area contributed by atoms with Gasteiger partial charge in [-0.15, -0.1) is 0 Å². The fraction of sp³-hybridized carbons (Fsp3) is 0.263. The number of thiazole rings is 1. The third kappa shape index (κ3) is 4.27. The molecule has 6 N–H and O–H groups in total. The minimum atomic E-state index is -1.000. The Morgan fingerprint density at radius 1 is 1.53 bits per heavy atom. The summed E-state index contributed by atoms with van der Waals surface area (Å²) in [5.74, 6) is -0.428. The molecule has 0 radical (unpaired) electrons. The number of aliphatic hydroxyl groups excluding tert-OH is 2. The normalized spacial score (nSPS) is 16.8. The van der Waals surface area contributed by atoms with Crippen molar-refractivity contribution in [3.8, 4) is 0 Å². The first-order chi connectivity index (χ1) is 15.3. The van der Waals surface area contributed by atoms with Gasteiger partial charge in [0, 0.05) is 11.4 Å². The lowest BCUT2D eigenvalue weighted by atomic mass is 10.2. The van der Waals surface area contributed by atoms with Gasteiger partial charge < -0.3 is 21.3 Å². The number of halogens is 1. The summed E-state index contributed by atoms with van der Waals surface area (Å²) in [4.78, 5) is 35.2. The van der Waals surface area contributed by atoms with Gasteiger partial charge in [0.05, 0.1) is 24.5 Å². The SMILES string of the molecule is CC(CO)N=C(N)c1c(Nc2ncc(C(=O)N3c4cc(Cl)ccc4CC3O)s2)s[nH]c1=O.